The number of nitrogens with one attached hydrogen (secondary N) is 4. The Morgan fingerprint density at radius 3 is 1.90 bits per heavy atom. The van der Waals surface area contributed by atoms with Crippen molar-refractivity contribution in [2.45, 2.75) is 64.2 Å². The number of carboxylic acid groups (broad SMARTS) is 1. The summed E-state index contributed by atoms with van der Waals surface area (Å²) >= 11 is 0. The first kappa shape index (κ1) is 32.8. The summed E-state index contributed by atoms with van der Waals surface area (Å²) in [6, 6.07) is 10.8. The Morgan fingerprint density at radius 1 is 0.756 bits per heavy atom. The van der Waals surface area contributed by atoms with E-state index >= 15 is 0 Å². The Labute approximate surface area is 239 Å². The van der Waals surface area contributed by atoms with E-state index in [1.165, 1.54) is 31.2 Å². The fourth-order valence-electron chi connectivity index (χ4n) is 3.97. The van der Waals surface area contributed by atoms with Crippen molar-refractivity contribution in [3.8, 4) is 5.75 Å². The standard InChI is InChI=1S/C29H39N5O7/c1-17(2)13-22(30)27(38)33-23(14-19-7-5-4-6-8-19)28(39)31-16-25(36)32-18(3)26(37)34-24(29(40)41)15-20-9-11-21(35)12-10-20/h4-12,17-18,22-24,35H,13-16,30H2,1-3H3,(H,31,39)(H,32,36)(H,33,38)(H,34,37)(H,40,41)/t18-,22-,23+,24+/m0/s1. The highest BCUT2D eigenvalue weighted by Crippen LogP contribution is 2.12. The molecule has 222 valence electrons. The number of hydrogen-bond donors (Lipinski definition) is 7. The zero-order chi connectivity index (χ0) is 30.5. The molecule has 2 aromatic rings. The van der Waals surface area contributed by atoms with Crippen LogP contribution in [0.3, 0.4) is 0 Å². The molecule has 4 atom stereocenters. The van der Waals surface area contributed by atoms with Crippen LogP contribution in [-0.4, -0.2) is 70.5 Å². The molecule has 2 rings (SSSR count). The third kappa shape index (κ3) is 11.7. The van der Waals surface area contributed by atoms with Gasteiger partial charge in [-0.1, -0.05) is 56.3 Å². The van der Waals surface area contributed by atoms with Gasteiger partial charge < -0.3 is 37.2 Å². The van der Waals surface area contributed by atoms with Gasteiger partial charge >= 0.3 is 5.97 Å². The molecule has 0 fully saturated rings. The molecule has 0 saturated carbocycles. The molecule has 0 radical (unpaired) electrons. The van der Waals surface area contributed by atoms with E-state index in [9.17, 15) is 34.2 Å². The number of phenolic OH excluding ortho intramolecular Hbond substituents is 1. The molecular formula is C29H39N5O7. The van der Waals surface area contributed by atoms with Gasteiger partial charge in [-0.2, -0.15) is 0 Å². The summed E-state index contributed by atoms with van der Waals surface area (Å²) in [5.74, 6) is -3.57. The summed E-state index contributed by atoms with van der Waals surface area (Å²) in [5, 5.41) is 28.8. The molecule has 0 bridgehead atoms. The lowest BCUT2D eigenvalue weighted by Crippen LogP contribution is -2.55. The van der Waals surface area contributed by atoms with Crippen LogP contribution in [0.2, 0.25) is 0 Å². The Hall–Kier alpha value is -4.45. The highest BCUT2D eigenvalue weighted by molar-refractivity contribution is 5.94. The van der Waals surface area contributed by atoms with Crippen LogP contribution in [0.5, 0.6) is 5.75 Å². The molecule has 0 heterocycles. The quantitative estimate of drug-likeness (QED) is 0.158. The molecule has 0 aromatic heterocycles. The SMILES string of the molecule is CC(C)C[C@H](N)C(=O)N[C@H](Cc1ccccc1)C(=O)NCC(=O)N[C@@H](C)C(=O)N[C@H](Cc1ccc(O)cc1)C(=O)O. The number of carbonyl (C=O) groups is 5. The number of nitrogens with two attached hydrogens (primary N) is 1. The minimum atomic E-state index is -1.27. The number of amides is 4. The van der Waals surface area contributed by atoms with Gasteiger partial charge in [0.25, 0.3) is 0 Å². The van der Waals surface area contributed by atoms with E-state index in [-0.39, 0.29) is 24.5 Å². The average molecular weight is 570 g/mol. The van der Waals surface area contributed by atoms with E-state index in [0.717, 1.165) is 5.56 Å². The number of phenols is 1. The molecule has 12 nitrogen and oxygen atoms in total. The summed E-state index contributed by atoms with van der Waals surface area (Å²) < 4.78 is 0. The van der Waals surface area contributed by atoms with E-state index in [1.807, 2.05) is 19.9 Å². The second kappa shape index (κ2) is 16.0. The smallest absolute Gasteiger partial charge is 0.326 e. The Morgan fingerprint density at radius 2 is 1.32 bits per heavy atom. The van der Waals surface area contributed by atoms with Gasteiger partial charge in [0, 0.05) is 12.8 Å². The Bertz CT molecular complexity index is 1190. The van der Waals surface area contributed by atoms with E-state index in [0.29, 0.717) is 12.0 Å². The second-order valence-electron chi connectivity index (χ2n) is 10.3. The molecular weight excluding hydrogens is 530 g/mol. The number of carbonyl (C=O) groups excluding carboxylic acids is 4. The molecule has 0 aliphatic rings. The average Bonchev–Trinajstić information content (AvgIpc) is 2.92. The predicted octanol–water partition coefficient (Wildman–Crippen LogP) is 0.226. The second-order valence-corrected chi connectivity index (χ2v) is 10.3. The van der Waals surface area contributed by atoms with E-state index < -0.39 is 60.3 Å². The van der Waals surface area contributed by atoms with Gasteiger partial charge in [0.05, 0.1) is 12.6 Å². The van der Waals surface area contributed by atoms with Crippen LogP contribution in [0.1, 0.15) is 38.3 Å². The van der Waals surface area contributed by atoms with Crippen LogP contribution in [0.4, 0.5) is 0 Å². The van der Waals surface area contributed by atoms with Gasteiger partial charge in [-0.25, -0.2) is 4.79 Å². The molecule has 0 aliphatic heterocycles. The molecule has 0 unspecified atom stereocenters. The summed E-state index contributed by atoms with van der Waals surface area (Å²) in [6.07, 6.45) is 0.573. The summed E-state index contributed by atoms with van der Waals surface area (Å²) in [6.45, 7) is 4.76. The molecule has 4 amide bonds. The van der Waals surface area contributed by atoms with Crippen molar-refractivity contribution in [1.29, 1.82) is 0 Å². The van der Waals surface area contributed by atoms with Crippen LogP contribution < -0.4 is 27.0 Å². The Kier molecular flexibility index (Phi) is 12.8. The zero-order valence-electron chi connectivity index (χ0n) is 23.4. The fourth-order valence-corrected chi connectivity index (χ4v) is 3.97. The maximum Gasteiger partial charge on any atom is 0.326 e. The van der Waals surface area contributed by atoms with E-state index in [2.05, 4.69) is 21.3 Å². The maximum absolute atomic E-state index is 13.0. The normalized spacial score (nSPS) is 13.8. The van der Waals surface area contributed by atoms with Crippen LogP contribution in [0.15, 0.2) is 54.6 Å². The third-order valence-corrected chi connectivity index (χ3v) is 6.16. The molecule has 12 heteroatoms. The first-order chi connectivity index (χ1) is 19.3. The maximum atomic E-state index is 13.0. The molecule has 8 N–H and O–H groups in total. The van der Waals surface area contributed by atoms with Crippen LogP contribution >= 0.6 is 0 Å². The van der Waals surface area contributed by atoms with E-state index in [1.54, 1.807) is 24.3 Å². The summed E-state index contributed by atoms with van der Waals surface area (Å²) in [7, 11) is 0. The van der Waals surface area contributed by atoms with Crippen molar-refractivity contribution >= 4 is 29.6 Å². The van der Waals surface area contributed by atoms with Crippen LogP contribution in [0.25, 0.3) is 0 Å². The van der Waals surface area contributed by atoms with Gasteiger partial charge in [0.15, 0.2) is 0 Å². The lowest BCUT2D eigenvalue weighted by molar-refractivity contribution is -0.142. The topological polar surface area (TPSA) is 200 Å². The predicted molar refractivity (Wildman–Crippen MR) is 151 cm³/mol. The number of aliphatic carboxylic acids is 1. The lowest BCUT2D eigenvalue weighted by Gasteiger charge is -2.22. The van der Waals surface area contributed by atoms with Gasteiger partial charge in [-0.15, -0.1) is 0 Å². The van der Waals surface area contributed by atoms with Gasteiger partial charge in [-0.05, 0) is 42.5 Å². The fraction of sp³-hybridized carbons (Fsp3) is 0.414. The minimum Gasteiger partial charge on any atom is -0.508 e. The molecule has 41 heavy (non-hydrogen) atoms. The largest absolute Gasteiger partial charge is 0.508 e. The third-order valence-electron chi connectivity index (χ3n) is 6.16. The molecule has 0 spiro atoms. The highest BCUT2D eigenvalue weighted by Gasteiger charge is 2.27. The summed E-state index contributed by atoms with van der Waals surface area (Å²) in [4.78, 5) is 62.3. The van der Waals surface area contributed by atoms with Gasteiger partial charge in [0.1, 0.15) is 23.9 Å². The highest BCUT2D eigenvalue weighted by atomic mass is 16.4. The first-order valence-electron chi connectivity index (χ1n) is 13.3. The number of benzene rings is 2. The van der Waals surface area contributed by atoms with Crippen molar-refractivity contribution in [1.82, 2.24) is 21.3 Å². The van der Waals surface area contributed by atoms with E-state index in [4.69, 9.17) is 5.73 Å². The lowest BCUT2D eigenvalue weighted by atomic mass is 10.0. The Balaban J connectivity index is 1.94. The van der Waals surface area contributed by atoms with Crippen molar-refractivity contribution in [2.24, 2.45) is 11.7 Å². The number of aromatic hydroxyl groups is 1. The van der Waals surface area contributed by atoms with Gasteiger partial charge in [0.2, 0.25) is 23.6 Å². The van der Waals surface area contributed by atoms with Gasteiger partial charge in [-0.3, -0.25) is 19.2 Å². The van der Waals surface area contributed by atoms with Crippen molar-refractivity contribution in [3.05, 3.63) is 65.7 Å². The minimum absolute atomic E-state index is 0.0246. The van der Waals surface area contributed by atoms with Crippen LogP contribution in [-0.2, 0) is 36.8 Å². The zero-order valence-corrected chi connectivity index (χ0v) is 23.4. The summed E-state index contributed by atoms with van der Waals surface area (Å²) in [5.41, 5.74) is 7.35. The molecule has 0 saturated heterocycles. The number of hydrogen-bond acceptors (Lipinski definition) is 7. The number of rotatable bonds is 15. The monoisotopic (exact) mass is 569 g/mol. The van der Waals surface area contributed by atoms with Crippen molar-refractivity contribution in [2.75, 3.05) is 6.54 Å². The number of carboxylic acids is 1. The van der Waals surface area contributed by atoms with Crippen LogP contribution in [0, 0.1) is 5.92 Å². The molecule has 2 aromatic carbocycles. The van der Waals surface area contributed by atoms with Crippen molar-refractivity contribution < 1.29 is 34.2 Å². The molecule has 0 aliphatic carbocycles. The van der Waals surface area contributed by atoms with Crippen molar-refractivity contribution in [3.63, 3.8) is 0 Å². The first-order valence-corrected chi connectivity index (χ1v) is 13.3.